The Bertz CT molecular complexity index is 818. The highest BCUT2D eigenvalue weighted by Crippen LogP contribution is 2.45. The number of pyridine rings is 1. The highest BCUT2D eigenvalue weighted by molar-refractivity contribution is 5.94. The SMILES string of the molecule is O=C(NC1CC(O)(C(F)(F)F)C1)c1ccc(COc2cccc(F)c2)nc1. The van der Waals surface area contributed by atoms with Crippen molar-refractivity contribution in [2.24, 2.45) is 0 Å². The number of hydrogen-bond donors (Lipinski definition) is 2. The molecule has 3 rings (SSSR count). The number of aliphatic hydroxyl groups is 1. The highest BCUT2D eigenvalue weighted by atomic mass is 19.4. The van der Waals surface area contributed by atoms with Gasteiger partial charge in [-0.15, -0.1) is 0 Å². The molecule has 0 spiro atoms. The van der Waals surface area contributed by atoms with Gasteiger partial charge in [0.1, 0.15) is 18.2 Å². The van der Waals surface area contributed by atoms with Crippen LogP contribution in [0.15, 0.2) is 42.6 Å². The van der Waals surface area contributed by atoms with Crippen LogP contribution in [0, 0.1) is 5.82 Å². The van der Waals surface area contributed by atoms with E-state index >= 15 is 0 Å². The molecule has 0 atom stereocenters. The van der Waals surface area contributed by atoms with Crippen molar-refractivity contribution in [3.8, 4) is 5.75 Å². The van der Waals surface area contributed by atoms with Crippen molar-refractivity contribution in [1.29, 1.82) is 0 Å². The second kappa shape index (κ2) is 7.15. The van der Waals surface area contributed by atoms with E-state index in [-0.39, 0.29) is 12.2 Å². The van der Waals surface area contributed by atoms with Gasteiger partial charge in [0.05, 0.1) is 11.3 Å². The molecule has 144 valence electrons. The molecule has 5 nitrogen and oxygen atoms in total. The number of halogens is 4. The zero-order chi connectivity index (χ0) is 19.7. The van der Waals surface area contributed by atoms with Crippen LogP contribution in [0.25, 0.3) is 0 Å². The van der Waals surface area contributed by atoms with Gasteiger partial charge in [-0.1, -0.05) is 6.07 Å². The number of carbonyl (C=O) groups is 1. The molecule has 1 aliphatic carbocycles. The van der Waals surface area contributed by atoms with E-state index in [0.29, 0.717) is 11.4 Å². The molecule has 2 aromatic rings. The quantitative estimate of drug-likeness (QED) is 0.778. The number of alkyl halides is 3. The fourth-order valence-corrected chi connectivity index (χ4v) is 2.72. The molecule has 0 radical (unpaired) electrons. The molecule has 1 aromatic heterocycles. The first-order valence-corrected chi connectivity index (χ1v) is 8.09. The van der Waals surface area contributed by atoms with Crippen molar-refractivity contribution in [1.82, 2.24) is 10.3 Å². The summed E-state index contributed by atoms with van der Waals surface area (Å²) in [4.78, 5) is 16.1. The van der Waals surface area contributed by atoms with E-state index in [4.69, 9.17) is 4.74 Å². The third kappa shape index (κ3) is 4.36. The molecular formula is C18H16F4N2O3. The molecule has 9 heteroatoms. The molecule has 1 saturated carbocycles. The lowest BCUT2D eigenvalue weighted by Crippen LogP contribution is -2.62. The predicted molar refractivity (Wildman–Crippen MR) is 86.5 cm³/mol. The first kappa shape index (κ1) is 19.1. The Labute approximate surface area is 152 Å². The largest absolute Gasteiger partial charge is 0.487 e. The number of aromatic nitrogens is 1. The lowest BCUT2D eigenvalue weighted by atomic mass is 9.75. The van der Waals surface area contributed by atoms with E-state index in [1.807, 2.05) is 0 Å². The zero-order valence-electron chi connectivity index (χ0n) is 14.0. The van der Waals surface area contributed by atoms with E-state index in [1.54, 1.807) is 6.07 Å². The Balaban J connectivity index is 1.51. The third-order valence-electron chi connectivity index (χ3n) is 4.30. The molecule has 2 N–H and O–H groups in total. The molecule has 1 aromatic carbocycles. The number of benzene rings is 1. The summed E-state index contributed by atoms with van der Waals surface area (Å²) in [5.41, 5.74) is -2.07. The maximum absolute atomic E-state index is 13.1. The van der Waals surface area contributed by atoms with Gasteiger partial charge in [0, 0.05) is 31.1 Å². The van der Waals surface area contributed by atoms with E-state index in [0.717, 1.165) is 0 Å². The summed E-state index contributed by atoms with van der Waals surface area (Å²) in [7, 11) is 0. The highest BCUT2D eigenvalue weighted by Gasteiger charge is 2.61. The smallest absolute Gasteiger partial charge is 0.417 e. The predicted octanol–water partition coefficient (Wildman–Crippen LogP) is 2.99. The Morgan fingerprint density at radius 2 is 2.04 bits per heavy atom. The Morgan fingerprint density at radius 3 is 2.63 bits per heavy atom. The number of rotatable bonds is 5. The van der Waals surface area contributed by atoms with Gasteiger partial charge in [-0.05, 0) is 24.3 Å². The average Bonchev–Trinajstić information content (AvgIpc) is 2.58. The van der Waals surface area contributed by atoms with E-state index in [9.17, 15) is 27.5 Å². The van der Waals surface area contributed by atoms with Crippen LogP contribution >= 0.6 is 0 Å². The molecule has 1 aliphatic rings. The first-order chi connectivity index (χ1) is 12.7. The minimum absolute atomic E-state index is 0.0621. The summed E-state index contributed by atoms with van der Waals surface area (Å²) in [6.45, 7) is 0.0621. The summed E-state index contributed by atoms with van der Waals surface area (Å²) in [5.74, 6) is -0.670. The van der Waals surface area contributed by atoms with Crippen molar-refractivity contribution in [2.75, 3.05) is 0 Å². The van der Waals surface area contributed by atoms with E-state index in [1.165, 1.54) is 36.5 Å². The molecule has 1 fully saturated rings. The molecule has 0 unspecified atom stereocenters. The normalized spacial score (nSPS) is 22.0. The van der Waals surface area contributed by atoms with Gasteiger partial charge in [0.25, 0.3) is 5.91 Å². The third-order valence-corrected chi connectivity index (χ3v) is 4.30. The molecule has 0 bridgehead atoms. The van der Waals surface area contributed by atoms with Crippen LogP contribution in [0.3, 0.4) is 0 Å². The van der Waals surface area contributed by atoms with E-state index in [2.05, 4.69) is 10.3 Å². The maximum atomic E-state index is 13.1. The van der Waals surface area contributed by atoms with Gasteiger partial charge in [-0.3, -0.25) is 9.78 Å². The lowest BCUT2D eigenvalue weighted by molar-refractivity contribution is -0.291. The topological polar surface area (TPSA) is 71.5 Å². The van der Waals surface area contributed by atoms with Crippen molar-refractivity contribution in [3.63, 3.8) is 0 Å². The Morgan fingerprint density at radius 1 is 1.30 bits per heavy atom. The van der Waals surface area contributed by atoms with Crippen molar-refractivity contribution in [2.45, 2.75) is 37.3 Å². The van der Waals surface area contributed by atoms with Gasteiger partial charge in [0.2, 0.25) is 0 Å². The second-order valence-corrected chi connectivity index (χ2v) is 6.39. The summed E-state index contributed by atoms with van der Waals surface area (Å²) >= 11 is 0. The number of carbonyl (C=O) groups excluding carboxylic acids is 1. The first-order valence-electron chi connectivity index (χ1n) is 8.09. The van der Waals surface area contributed by atoms with Crippen LogP contribution in [-0.4, -0.2) is 33.8 Å². The van der Waals surface area contributed by atoms with Crippen LogP contribution in [-0.2, 0) is 6.61 Å². The van der Waals surface area contributed by atoms with Crippen LogP contribution in [0.2, 0.25) is 0 Å². The van der Waals surface area contributed by atoms with E-state index < -0.39 is 42.4 Å². The number of hydrogen-bond acceptors (Lipinski definition) is 4. The standard InChI is InChI=1S/C18H16F4N2O3/c19-12-2-1-3-15(6-12)27-10-13-5-4-11(9-23-13)16(25)24-14-7-17(26,8-14)18(20,21)22/h1-6,9,14,26H,7-8,10H2,(H,24,25). The van der Waals surface area contributed by atoms with Crippen LogP contribution in [0.4, 0.5) is 17.6 Å². The number of ether oxygens (including phenoxy) is 1. The van der Waals surface area contributed by atoms with Gasteiger partial charge in [-0.2, -0.15) is 13.2 Å². The van der Waals surface area contributed by atoms with Gasteiger partial charge < -0.3 is 15.2 Å². The molecule has 1 heterocycles. The van der Waals surface area contributed by atoms with Gasteiger partial charge in [0.15, 0.2) is 5.60 Å². The van der Waals surface area contributed by atoms with Crippen LogP contribution in [0.5, 0.6) is 5.75 Å². The molecule has 1 amide bonds. The second-order valence-electron chi connectivity index (χ2n) is 6.39. The fourth-order valence-electron chi connectivity index (χ4n) is 2.72. The summed E-state index contributed by atoms with van der Waals surface area (Å²) in [6.07, 6.45) is -4.59. The maximum Gasteiger partial charge on any atom is 0.417 e. The van der Waals surface area contributed by atoms with Gasteiger partial charge in [-0.25, -0.2) is 4.39 Å². The average molecular weight is 384 g/mol. The number of amides is 1. The summed E-state index contributed by atoms with van der Waals surface area (Å²) in [6, 6.07) is 7.85. The molecular weight excluding hydrogens is 368 g/mol. The van der Waals surface area contributed by atoms with Crippen molar-refractivity contribution < 1.29 is 32.2 Å². The lowest BCUT2D eigenvalue weighted by Gasteiger charge is -2.44. The minimum Gasteiger partial charge on any atom is -0.487 e. The monoisotopic (exact) mass is 384 g/mol. The summed E-state index contributed by atoms with van der Waals surface area (Å²) in [5, 5.41) is 11.8. The fraction of sp³-hybridized carbons (Fsp3) is 0.333. The molecule has 0 aliphatic heterocycles. The summed E-state index contributed by atoms with van der Waals surface area (Å²) < 4.78 is 56.2. The number of nitrogens with zero attached hydrogens (tertiary/aromatic N) is 1. The molecule has 27 heavy (non-hydrogen) atoms. The zero-order valence-corrected chi connectivity index (χ0v) is 14.0. The minimum atomic E-state index is -4.71. The Hall–Kier alpha value is -2.68. The van der Waals surface area contributed by atoms with Gasteiger partial charge >= 0.3 is 6.18 Å². The van der Waals surface area contributed by atoms with Crippen LogP contribution < -0.4 is 10.1 Å². The Kier molecular flexibility index (Phi) is 5.05. The number of nitrogens with one attached hydrogen (secondary N) is 1. The van der Waals surface area contributed by atoms with Crippen LogP contribution in [0.1, 0.15) is 28.9 Å². The van der Waals surface area contributed by atoms with Crippen molar-refractivity contribution >= 4 is 5.91 Å². The van der Waals surface area contributed by atoms with Crippen molar-refractivity contribution in [3.05, 3.63) is 59.7 Å². The molecule has 0 saturated heterocycles.